The quantitative estimate of drug-likeness (QED) is 0.785. The van der Waals surface area contributed by atoms with Gasteiger partial charge in [0.2, 0.25) is 5.91 Å². The summed E-state index contributed by atoms with van der Waals surface area (Å²) in [4.78, 5) is 13.2. The number of hydrogen-bond donors (Lipinski definition) is 2. The number of nitrogens with one attached hydrogen (secondary N) is 2. The third-order valence-electron chi connectivity index (χ3n) is 2.74. The van der Waals surface area contributed by atoms with E-state index < -0.39 is 0 Å². The molecule has 1 amide bonds. The van der Waals surface area contributed by atoms with E-state index >= 15 is 0 Å². The largest absolute Gasteiger partial charge is 0.348 e. The highest BCUT2D eigenvalue weighted by Gasteiger charge is 2.18. The van der Waals surface area contributed by atoms with Gasteiger partial charge in [0.05, 0.1) is 6.04 Å². The van der Waals surface area contributed by atoms with Crippen molar-refractivity contribution in [2.45, 2.75) is 32.7 Å². The first kappa shape index (κ1) is 14.2. The molecule has 1 aromatic rings. The number of carbonyl (C=O) groups excluding carboxylic acids is 1. The summed E-state index contributed by atoms with van der Waals surface area (Å²) in [6.45, 7) is 4.81. The van der Waals surface area contributed by atoms with Crippen LogP contribution in [-0.4, -0.2) is 19.5 Å². The van der Waals surface area contributed by atoms with E-state index in [0.717, 1.165) is 19.4 Å². The summed E-state index contributed by atoms with van der Waals surface area (Å²) in [6.07, 6.45) is 2.07. The van der Waals surface area contributed by atoms with Gasteiger partial charge in [0.25, 0.3) is 0 Å². The second-order valence-electron chi connectivity index (χ2n) is 4.32. The van der Waals surface area contributed by atoms with Crippen LogP contribution in [0, 0.1) is 5.92 Å². The SMILES string of the molecule is CCCC(NC(=O)C(C)CNC)c1cccs1. The van der Waals surface area contributed by atoms with Crippen LogP contribution in [0.1, 0.15) is 37.6 Å². The Balaban J connectivity index is 2.58. The summed E-state index contributed by atoms with van der Waals surface area (Å²) >= 11 is 1.71. The molecule has 96 valence electrons. The molecule has 17 heavy (non-hydrogen) atoms. The maximum absolute atomic E-state index is 12.0. The van der Waals surface area contributed by atoms with Gasteiger partial charge in [-0.3, -0.25) is 4.79 Å². The zero-order valence-electron chi connectivity index (χ0n) is 10.8. The van der Waals surface area contributed by atoms with Crippen molar-refractivity contribution in [2.75, 3.05) is 13.6 Å². The fourth-order valence-electron chi connectivity index (χ4n) is 1.78. The Kier molecular flexibility index (Phi) is 6.22. The number of rotatable bonds is 7. The first-order valence-corrected chi connectivity index (χ1v) is 7.05. The topological polar surface area (TPSA) is 41.1 Å². The lowest BCUT2D eigenvalue weighted by molar-refractivity contribution is -0.125. The van der Waals surface area contributed by atoms with E-state index in [-0.39, 0.29) is 17.9 Å². The molecule has 0 aromatic carbocycles. The third-order valence-corrected chi connectivity index (χ3v) is 3.72. The number of thiophene rings is 1. The fraction of sp³-hybridized carbons (Fsp3) is 0.615. The molecule has 0 radical (unpaired) electrons. The predicted octanol–water partition coefficient (Wildman–Crippen LogP) is 2.56. The van der Waals surface area contributed by atoms with Gasteiger partial charge in [-0.15, -0.1) is 11.3 Å². The minimum Gasteiger partial charge on any atom is -0.348 e. The van der Waals surface area contributed by atoms with Crippen LogP contribution in [0.2, 0.25) is 0 Å². The standard InChI is InChI=1S/C13H22N2OS/c1-4-6-11(12-7-5-8-17-12)15-13(16)10(2)9-14-3/h5,7-8,10-11,14H,4,6,9H2,1-3H3,(H,15,16). The van der Waals surface area contributed by atoms with E-state index in [1.54, 1.807) is 11.3 Å². The highest BCUT2D eigenvalue weighted by atomic mass is 32.1. The molecule has 0 fully saturated rings. The summed E-state index contributed by atoms with van der Waals surface area (Å²) < 4.78 is 0. The summed E-state index contributed by atoms with van der Waals surface area (Å²) in [5.74, 6) is 0.144. The van der Waals surface area contributed by atoms with Crippen LogP contribution in [0.4, 0.5) is 0 Å². The van der Waals surface area contributed by atoms with Crippen LogP contribution in [0.15, 0.2) is 17.5 Å². The Morgan fingerprint density at radius 3 is 2.82 bits per heavy atom. The Bertz CT molecular complexity index is 324. The van der Waals surface area contributed by atoms with Crippen molar-refractivity contribution in [1.82, 2.24) is 10.6 Å². The van der Waals surface area contributed by atoms with Gasteiger partial charge in [-0.05, 0) is 24.9 Å². The number of carbonyl (C=O) groups is 1. The molecule has 1 heterocycles. The van der Waals surface area contributed by atoms with Crippen molar-refractivity contribution >= 4 is 17.2 Å². The predicted molar refractivity (Wildman–Crippen MR) is 73.2 cm³/mol. The fourth-order valence-corrected chi connectivity index (χ4v) is 2.59. The van der Waals surface area contributed by atoms with Gasteiger partial charge in [-0.1, -0.05) is 26.3 Å². The van der Waals surface area contributed by atoms with Crippen LogP contribution in [-0.2, 0) is 4.79 Å². The summed E-state index contributed by atoms with van der Waals surface area (Å²) in [7, 11) is 1.87. The average Bonchev–Trinajstić information content (AvgIpc) is 2.82. The molecule has 0 saturated heterocycles. The Morgan fingerprint density at radius 1 is 1.53 bits per heavy atom. The van der Waals surface area contributed by atoms with Crippen LogP contribution >= 0.6 is 11.3 Å². The van der Waals surface area contributed by atoms with Crippen molar-refractivity contribution in [1.29, 1.82) is 0 Å². The second-order valence-corrected chi connectivity index (χ2v) is 5.30. The Morgan fingerprint density at radius 2 is 2.29 bits per heavy atom. The second kappa shape index (κ2) is 7.45. The van der Waals surface area contributed by atoms with Crippen LogP contribution in [0.25, 0.3) is 0 Å². The summed E-state index contributed by atoms with van der Waals surface area (Å²) in [5, 5.41) is 8.22. The van der Waals surface area contributed by atoms with Gasteiger partial charge in [-0.25, -0.2) is 0 Å². The molecule has 1 rings (SSSR count). The molecule has 2 atom stereocenters. The van der Waals surface area contributed by atoms with E-state index in [4.69, 9.17) is 0 Å². The smallest absolute Gasteiger partial charge is 0.224 e. The molecule has 0 aliphatic rings. The van der Waals surface area contributed by atoms with Gasteiger partial charge in [0.15, 0.2) is 0 Å². The maximum atomic E-state index is 12.0. The van der Waals surface area contributed by atoms with Crippen molar-refractivity contribution in [3.05, 3.63) is 22.4 Å². The summed E-state index contributed by atoms with van der Waals surface area (Å²) in [6, 6.07) is 4.30. The summed E-state index contributed by atoms with van der Waals surface area (Å²) in [5.41, 5.74) is 0. The van der Waals surface area contributed by atoms with E-state index in [1.807, 2.05) is 20.0 Å². The van der Waals surface area contributed by atoms with Gasteiger partial charge < -0.3 is 10.6 Å². The molecule has 4 heteroatoms. The van der Waals surface area contributed by atoms with Crippen molar-refractivity contribution in [3.8, 4) is 0 Å². The van der Waals surface area contributed by atoms with Crippen molar-refractivity contribution < 1.29 is 4.79 Å². The lowest BCUT2D eigenvalue weighted by atomic mass is 10.1. The minimum absolute atomic E-state index is 0.0133. The van der Waals surface area contributed by atoms with Crippen LogP contribution in [0.5, 0.6) is 0 Å². The maximum Gasteiger partial charge on any atom is 0.224 e. The van der Waals surface area contributed by atoms with Gasteiger partial charge in [0.1, 0.15) is 0 Å². The normalized spacial score (nSPS) is 14.3. The highest BCUT2D eigenvalue weighted by Crippen LogP contribution is 2.23. The molecule has 0 aliphatic heterocycles. The molecule has 0 saturated carbocycles. The molecule has 0 aliphatic carbocycles. The first-order chi connectivity index (χ1) is 8.19. The molecule has 0 spiro atoms. The molecule has 1 aromatic heterocycles. The Hall–Kier alpha value is -0.870. The number of hydrogen-bond acceptors (Lipinski definition) is 3. The zero-order chi connectivity index (χ0) is 12.7. The molecular formula is C13H22N2OS. The van der Waals surface area contributed by atoms with Crippen molar-refractivity contribution in [3.63, 3.8) is 0 Å². The van der Waals surface area contributed by atoms with Crippen LogP contribution in [0.3, 0.4) is 0 Å². The molecule has 0 bridgehead atoms. The van der Waals surface area contributed by atoms with E-state index in [2.05, 4.69) is 29.0 Å². The van der Waals surface area contributed by atoms with E-state index in [0.29, 0.717) is 0 Å². The monoisotopic (exact) mass is 254 g/mol. The minimum atomic E-state index is 0.0133. The molecule has 3 nitrogen and oxygen atoms in total. The van der Waals surface area contributed by atoms with Crippen LogP contribution < -0.4 is 10.6 Å². The van der Waals surface area contributed by atoms with Crippen molar-refractivity contribution in [2.24, 2.45) is 5.92 Å². The zero-order valence-corrected chi connectivity index (χ0v) is 11.6. The third kappa shape index (κ3) is 4.48. The lowest BCUT2D eigenvalue weighted by Crippen LogP contribution is -2.36. The van der Waals surface area contributed by atoms with Gasteiger partial charge in [0, 0.05) is 17.3 Å². The highest BCUT2D eigenvalue weighted by molar-refractivity contribution is 7.10. The average molecular weight is 254 g/mol. The number of amides is 1. The molecular weight excluding hydrogens is 232 g/mol. The molecule has 2 unspecified atom stereocenters. The van der Waals surface area contributed by atoms with E-state index in [1.165, 1.54) is 4.88 Å². The van der Waals surface area contributed by atoms with Gasteiger partial charge >= 0.3 is 0 Å². The van der Waals surface area contributed by atoms with E-state index in [9.17, 15) is 4.79 Å². The molecule has 2 N–H and O–H groups in total. The Labute approximate surface area is 108 Å². The van der Waals surface area contributed by atoms with Gasteiger partial charge in [-0.2, -0.15) is 0 Å². The lowest BCUT2D eigenvalue weighted by Gasteiger charge is -2.19. The first-order valence-electron chi connectivity index (χ1n) is 6.17.